The Labute approximate surface area is 105 Å². The van der Waals surface area contributed by atoms with Crippen molar-refractivity contribution in [3.05, 3.63) is 24.3 Å². The van der Waals surface area contributed by atoms with Gasteiger partial charge in [0.25, 0.3) is 0 Å². The Morgan fingerprint density at radius 2 is 1.94 bits per heavy atom. The maximum atomic E-state index is 8.51. The van der Waals surface area contributed by atoms with Crippen molar-refractivity contribution in [2.45, 2.75) is 12.8 Å². The van der Waals surface area contributed by atoms with Gasteiger partial charge in [0, 0.05) is 0 Å². The SMILES string of the molecule is N#CC(C#N)=NNc1ccc(OCC2CC2)cc1. The Morgan fingerprint density at radius 1 is 1.28 bits per heavy atom. The summed E-state index contributed by atoms with van der Waals surface area (Å²) in [5.41, 5.74) is 3.14. The van der Waals surface area contributed by atoms with Crippen molar-refractivity contribution in [1.82, 2.24) is 0 Å². The Kier molecular flexibility index (Phi) is 3.78. The van der Waals surface area contributed by atoms with Crippen LogP contribution < -0.4 is 10.2 Å². The maximum Gasteiger partial charge on any atom is 0.237 e. The minimum Gasteiger partial charge on any atom is -0.493 e. The monoisotopic (exact) mass is 240 g/mol. The molecular weight excluding hydrogens is 228 g/mol. The van der Waals surface area contributed by atoms with Crippen molar-refractivity contribution in [1.29, 1.82) is 10.5 Å². The largest absolute Gasteiger partial charge is 0.493 e. The third kappa shape index (κ3) is 3.50. The maximum absolute atomic E-state index is 8.51. The average molecular weight is 240 g/mol. The van der Waals surface area contributed by atoms with Crippen LogP contribution in [0.4, 0.5) is 5.69 Å². The van der Waals surface area contributed by atoms with Gasteiger partial charge in [-0.15, -0.1) is 0 Å². The summed E-state index contributed by atoms with van der Waals surface area (Å²) in [6.07, 6.45) is 2.53. The first-order chi connectivity index (χ1) is 8.81. The van der Waals surface area contributed by atoms with E-state index in [4.69, 9.17) is 15.3 Å². The van der Waals surface area contributed by atoms with Crippen molar-refractivity contribution < 1.29 is 4.74 Å². The molecular formula is C13H12N4O. The number of hydrazone groups is 1. The molecule has 0 heterocycles. The second-order valence-electron chi connectivity index (χ2n) is 4.07. The molecule has 0 amide bonds. The average Bonchev–Trinajstić information content (AvgIpc) is 3.23. The van der Waals surface area contributed by atoms with Gasteiger partial charge >= 0.3 is 0 Å². The van der Waals surface area contributed by atoms with E-state index in [0.29, 0.717) is 5.69 Å². The van der Waals surface area contributed by atoms with Gasteiger partial charge in [0.1, 0.15) is 17.9 Å². The molecule has 1 saturated carbocycles. The van der Waals surface area contributed by atoms with Crippen LogP contribution >= 0.6 is 0 Å². The van der Waals surface area contributed by atoms with Crippen LogP contribution in [0.1, 0.15) is 12.8 Å². The van der Waals surface area contributed by atoms with Crippen molar-refractivity contribution >= 4 is 11.4 Å². The fourth-order valence-electron chi connectivity index (χ4n) is 1.32. The normalized spacial score (nSPS) is 13.0. The zero-order valence-electron chi connectivity index (χ0n) is 9.76. The van der Waals surface area contributed by atoms with E-state index in [0.717, 1.165) is 18.3 Å². The van der Waals surface area contributed by atoms with Gasteiger partial charge < -0.3 is 4.74 Å². The summed E-state index contributed by atoms with van der Waals surface area (Å²) in [4.78, 5) is 0. The Bertz CT molecular complexity index is 501. The number of benzene rings is 1. The van der Waals surface area contributed by atoms with Crippen molar-refractivity contribution in [3.63, 3.8) is 0 Å². The molecule has 1 N–H and O–H groups in total. The van der Waals surface area contributed by atoms with Crippen LogP contribution in [-0.2, 0) is 0 Å². The number of hydrogen-bond acceptors (Lipinski definition) is 5. The first-order valence-electron chi connectivity index (χ1n) is 5.68. The van der Waals surface area contributed by atoms with E-state index >= 15 is 0 Å². The zero-order valence-corrected chi connectivity index (χ0v) is 9.76. The van der Waals surface area contributed by atoms with E-state index in [9.17, 15) is 0 Å². The molecule has 90 valence electrons. The molecule has 5 nitrogen and oxygen atoms in total. The van der Waals surface area contributed by atoms with Crippen LogP contribution in [0, 0.1) is 28.6 Å². The predicted molar refractivity (Wildman–Crippen MR) is 66.9 cm³/mol. The third-order valence-corrected chi connectivity index (χ3v) is 2.55. The van der Waals surface area contributed by atoms with Gasteiger partial charge in [-0.25, -0.2) is 0 Å². The van der Waals surface area contributed by atoms with E-state index < -0.39 is 0 Å². The molecule has 1 aliphatic rings. The van der Waals surface area contributed by atoms with Gasteiger partial charge in [-0.05, 0) is 43.0 Å². The molecule has 0 bridgehead atoms. The summed E-state index contributed by atoms with van der Waals surface area (Å²) >= 11 is 0. The Morgan fingerprint density at radius 3 is 2.50 bits per heavy atom. The van der Waals surface area contributed by atoms with Gasteiger partial charge in [0.05, 0.1) is 12.3 Å². The number of anilines is 1. The molecule has 1 aromatic rings. The van der Waals surface area contributed by atoms with Crippen LogP contribution in [0.2, 0.25) is 0 Å². The molecule has 0 atom stereocenters. The zero-order chi connectivity index (χ0) is 12.8. The molecule has 0 radical (unpaired) electrons. The number of nitrogens with zero attached hydrogens (tertiary/aromatic N) is 3. The van der Waals surface area contributed by atoms with Gasteiger partial charge in [0.2, 0.25) is 5.71 Å². The molecule has 1 fully saturated rings. The highest BCUT2D eigenvalue weighted by atomic mass is 16.5. The van der Waals surface area contributed by atoms with Crippen molar-refractivity contribution in [2.75, 3.05) is 12.0 Å². The van der Waals surface area contributed by atoms with Crippen LogP contribution in [0.25, 0.3) is 0 Å². The van der Waals surface area contributed by atoms with Crippen LogP contribution in [0.15, 0.2) is 29.4 Å². The lowest BCUT2D eigenvalue weighted by atomic mass is 10.3. The van der Waals surface area contributed by atoms with Gasteiger partial charge in [-0.3, -0.25) is 5.43 Å². The van der Waals surface area contributed by atoms with E-state index in [1.807, 2.05) is 12.1 Å². The summed E-state index contributed by atoms with van der Waals surface area (Å²) in [6.45, 7) is 0.776. The molecule has 0 unspecified atom stereocenters. The van der Waals surface area contributed by atoms with Crippen LogP contribution in [0.3, 0.4) is 0 Å². The number of rotatable bonds is 5. The highest BCUT2D eigenvalue weighted by Crippen LogP contribution is 2.29. The number of ether oxygens (including phenoxy) is 1. The van der Waals surface area contributed by atoms with Gasteiger partial charge in [-0.2, -0.15) is 15.6 Å². The van der Waals surface area contributed by atoms with E-state index in [1.54, 1.807) is 24.3 Å². The predicted octanol–water partition coefficient (Wildman–Crippen LogP) is 2.29. The fraction of sp³-hybridized carbons (Fsp3) is 0.308. The Balaban J connectivity index is 1.89. The smallest absolute Gasteiger partial charge is 0.237 e. The molecule has 2 rings (SSSR count). The number of hydrogen-bond donors (Lipinski definition) is 1. The molecule has 0 aromatic heterocycles. The molecule has 1 aromatic carbocycles. The van der Waals surface area contributed by atoms with E-state index in [-0.39, 0.29) is 5.71 Å². The summed E-state index contributed by atoms with van der Waals surface area (Å²) in [5, 5.41) is 20.7. The van der Waals surface area contributed by atoms with Crippen molar-refractivity contribution in [2.24, 2.45) is 11.0 Å². The summed E-state index contributed by atoms with van der Waals surface area (Å²) < 4.78 is 5.58. The van der Waals surface area contributed by atoms with Crippen LogP contribution in [0.5, 0.6) is 5.75 Å². The van der Waals surface area contributed by atoms with E-state index in [2.05, 4.69) is 10.5 Å². The van der Waals surface area contributed by atoms with Crippen LogP contribution in [-0.4, -0.2) is 12.3 Å². The summed E-state index contributed by atoms with van der Waals surface area (Å²) in [6, 6.07) is 10.6. The minimum absolute atomic E-state index is 0.205. The molecule has 0 spiro atoms. The second kappa shape index (κ2) is 5.70. The lowest BCUT2D eigenvalue weighted by Crippen LogP contribution is -1.99. The molecule has 0 aliphatic heterocycles. The summed E-state index contributed by atoms with van der Waals surface area (Å²) in [7, 11) is 0. The summed E-state index contributed by atoms with van der Waals surface area (Å²) in [5.74, 6) is 1.54. The quantitative estimate of drug-likeness (QED) is 0.632. The molecule has 1 aliphatic carbocycles. The fourth-order valence-corrected chi connectivity index (χ4v) is 1.32. The highest BCUT2D eigenvalue weighted by Gasteiger charge is 2.21. The first kappa shape index (κ1) is 11.9. The third-order valence-electron chi connectivity index (χ3n) is 2.55. The minimum atomic E-state index is -0.205. The number of nitrogens with one attached hydrogen (secondary N) is 1. The molecule has 5 heteroatoms. The molecule has 18 heavy (non-hydrogen) atoms. The van der Waals surface area contributed by atoms with Crippen molar-refractivity contribution in [3.8, 4) is 17.9 Å². The topological polar surface area (TPSA) is 81.2 Å². The lowest BCUT2D eigenvalue weighted by Gasteiger charge is -2.05. The number of nitriles is 2. The van der Waals surface area contributed by atoms with Gasteiger partial charge in [-0.1, -0.05) is 0 Å². The van der Waals surface area contributed by atoms with E-state index in [1.165, 1.54) is 12.8 Å². The molecule has 0 saturated heterocycles. The lowest BCUT2D eigenvalue weighted by molar-refractivity contribution is 0.300. The highest BCUT2D eigenvalue weighted by molar-refractivity contribution is 6.10. The van der Waals surface area contributed by atoms with Gasteiger partial charge in [0.15, 0.2) is 0 Å². The second-order valence-corrected chi connectivity index (χ2v) is 4.07. The standard InChI is InChI=1S/C13H12N4O/c14-7-12(8-15)17-16-11-3-5-13(6-4-11)18-9-10-1-2-10/h3-6,10,16H,1-2,9H2. The first-order valence-corrected chi connectivity index (χ1v) is 5.68. The Hall–Kier alpha value is -2.53.